The minimum absolute atomic E-state index is 0.0135. The number of benzene rings is 1. The van der Waals surface area contributed by atoms with Gasteiger partial charge in [-0.05, 0) is 38.3 Å². The smallest absolute Gasteiger partial charge is 0.266 e. The maximum atomic E-state index is 13.0. The van der Waals surface area contributed by atoms with Crippen molar-refractivity contribution in [1.29, 1.82) is 0 Å². The van der Waals surface area contributed by atoms with E-state index >= 15 is 0 Å². The van der Waals surface area contributed by atoms with E-state index in [0.717, 1.165) is 4.90 Å². The number of Topliss-reactive ketones (excluding diaryl/α,β-unsaturated/α-hetero) is 1. The number of ether oxygens (including phenoxy) is 1. The van der Waals surface area contributed by atoms with Crippen LogP contribution in [0.2, 0.25) is 0 Å². The van der Waals surface area contributed by atoms with Gasteiger partial charge in [0, 0.05) is 32.4 Å². The lowest BCUT2D eigenvalue weighted by atomic mass is 10.0. The Kier molecular flexibility index (Phi) is 8.87. The third-order valence-electron chi connectivity index (χ3n) is 5.74. The molecule has 1 saturated heterocycles. The molecule has 1 atom stereocenters. The van der Waals surface area contributed by atoms with Crippen molar-refractivity contribution in [1.82, 2.24) is 20.9 Å². The molecule has 1 fully saturated rings. The molecule has 3 N–H and O–H groups in total. The van der Waals surface area contributed by atoms with Crippen LogP contribution >= 0.6 is 0 Å². The Morgan fingerprint density at radius 2 is 1.69 bits per heavy atom. The number of amides is 6. The fourth-order valence-electron chi connectivity index (χ4n) is 3.88. The van der Waals surface area contributed by atoms with Crippen LogP contribution in [0.4, 0.5) is 0 Å². The van der Waals surface area contributed by atoms with Crippen molar-refractivity contribution in [2.45, 2.75) is 51.5 Å². The zero-order valence-electron chi connectivity index (χ0n) is 19.9. The van der Waals surface area contributed by atoms with Gasteiger partial charge in [-0.1, -0.05) is 6.07 Å². The summed E-state index contributed by atoms with van der Waals surface area (Å²) in [6.45, 7) is 1.81. The first-order valence-corrected chi connectivity index (χ1v) is 11.7. The molecule has 3 rings (SSSR count). The lowest BCUT2D eigenvalue weighted by Crippen LogP contribution is -2.54. The Hall–Kier alpha value is -4.09. The molecule has 0 aromatic heterocycles. The van der Waals surface area contributed by atoms with Gasteiger partial charge < -0.3 is 20.2 Å². The zero-order chi connectivity index (χ0) is 26.2. The van der Waals surface area contributed by atoms with Gasteiger partial charge in [0.05, 0.1) is 11.1 Å². The summed E-state index contributed by atoms with van der Waals surface area (Å²) in [6, 6.07) is 3.31. The van der Waals surface area contributed by atoms with E-state index in [2.05, 4.69) is 16.0 Å². The van der Waals surface area contributed by atoms with Gasteiger partial charge in [-0.15, -0.1) is 0 Å². The highest BCUT2D eigenvalue weighted by atomic mass is 16.5. The molecule has 0 bridgehead atoms. The van der Waals surface area contributed by atoms with Crippen molar-refractivity contribution in [3.8, 4) is 5.75 Å². The molecular weight excluding hydrogens is 472 g/mol. The molecule has 2 aliphatic rings. The van der Waals surface area contributed by atoms with Crippen molar-refractivity contribution in [2.75, 3.05) is 19.7 Å². The average Bonchev–Trinajstić information content (AvgIpc) is 3.09. The molecule has 2 heterocycles. The molecule has 0 radical (unpaired) electrons. The molecule has 0 aliphatic carbocycles. The topological polar surface area (TPSA) is 168 Å². The van der Waals surface area contributed by atoms with Crippen LogP contribution in [-0.2, 0) is 24.0 Å². The predicted octanol–water partition coefficient (Wildman–Crippen LogP) is -0.152. The second kappa shape index (κ2) is 12.0. The fraction of sp³-hybridized carbons (Fsp3) is 0.458. The Balaban J connectivity index is 1.45. The third-order valence-corrected chi connectivity index (χ3v) is 5.74. The average molecular weight is 501 g/mol. The van der Waals surface area contributed by atoms with Crippen LogP contribution in [-0.4, -0.2) is 71.9 Å². The molecule has 12 nitrogen and oxygen atoms in total. The summed E-state index contributed by atoms with van der Waals surface area (Å²) < 4.78 is 5.51. The van der Waals surface area contributed by atoms with E-state index in [4.69, 9.17) is 4.74 Å². The first kappa shape index (κ1) is 26.5. The second-order valence-electron chi connectivity index (χ2n) is 8.52. The van der Waals surface area contributed by atoms with Crippen LogP contribution in [0.3, 0.4) is 0 Å². The van der Waals surface area contributed by atoms with Crippen molar-refractivity contribution >= 4 is 41.2 Å². The number of carbonyl (C=O) groups is 7. The minimum atomic E-state index is -1.09. The summed E-state index contributed by atoms with van der Waals surface area (Å²) in [7, 11) is 0. The molecule has 12 heteroatoms. The first-order chi connectivity index (χ1) is 17.2. The van der Waals surface area contributed by atoms with Crippen molar-refractivity contribution in [3.05, 3.63) is 29.3 Å². The van der Waals surface area contributed by atoms with E-state index in [1.54, 1.807) is 0 Å². The van der Waals surface area contributed by atoms with Crippen molar-refractivity contribution in [3.63, 3.8) is 0 Å². The van der Waals surface area contributed by atoms with Gasteiger partial charge in [0.2, 0.25) is 17.7 Å². The number of piperidine rings is 1. The predicted molar refractivity (Wildman–Crippen MR) is 124 cm³/mol. The Bertz CT molecular complexity index is 1100. The van der Waals surface area contributed by atoms with Crippen LogP contribution < -0.4 is 20.7 Å². The normalized spacial score (nSPS) is 16.9. The number of rotatable bonds is 12. The SMILES string of the molecule is CC(=O)CCC(=O)NCCCCNC(=O)COc1cccc2c1C(=O)N(C1CCC(=O)NC1=O)C2=O. The van der Waals surface area contributed by atoms with Crippen LogP contribution in [0.1, 0.15) is 66.2 Å². The molecule has 0 saturated carbocycles. The van der Waals surface area contributed by atoms with Crippen LogP contribution in [0, 0.1) is 0 Å². The summed E-state index contributed by atoms with van der Waals surface area (Å²) in [5.74, 6) is -3.17. The maximum Gasteiger partial charge on any atom is 0.266 e. The number of imide groups is 2. The summed E-state index contributed by atoms with van der Waals surface area (Å²) in [5.41, 5.74) is 0.0356. The van der Waals surface area contributed by atoms with E-state index in [9.17, 15) is 33.6 Å². The Morgan fingerprint density at radius 1 is 1.00 bits per heavy atom. The van der Waals surface area contributed by atoms with Gasteiger partial charge in [-0.2, -0.15) is 0 Å². The number of nitrogens with one attached hydrogen (secondary N) is 3. The van der Waals surface area contributed by atoms with Gasteiger partial charge in [0.15, 0.2) is 6.61 Å². The summed E-state index contributed by atoms with van der Waals surface area (Å²) in [5, 5.41) is 7.51. The van der Waals surface area contributed by atoms with Gasteiger partial charge in [-0.3, -0.25) is 39.0 Å². The first-order valence-electron chi connectivity index (χ1n) is 11.7. The van der Waals surface area contributed by atoms with E-state index in [1.165, 1.54) is 25.1 Å². The molecular formula is C24H28N4O8. The zero-order valence-corrected chi connectivity index (χ0v) is 19.9. The monoisotopic (exact) mass is 500 g/mol. The molecule has 1 aromatic carbocycles. The van der Waals surface area contributed by atoms with Crippen LogP contribution in [0.25, 0.3) is 0 Å². The summed E-state index contributed by atoms with van der Waals surface area (Å²) in [6.07, 6.45) is 1.66. The number of hydrogen-bond acceptors (Lipinski definition) is 8. The highest BCUT2D eigenvalue weighted by Crippen LogP contribution is 2.33. The molecule has 36 heavy (non-hydrogen) atoms. The number of nitrogens with zero attached hydrogens (tertiary/aromatic N) is 1. The summed E-state index contributed by atoms with van der Waals surface area (Å²) in [4.78, 5) is 84.8. The number of hydrogen-bond donors (Lipinski definition) is 3. The van der Waals surface area contributed by atoms with E-state index < -0.39 is 42.2 Å². The minimum Gasteiger partial charge on any atom is -0.483 e. The van der Waals surface area contributed by atoms with E-state index in [-0.39, 0.29) is 54.3 Å². The lowest BCUT2D eigenvalue weighted by Gasteiger charge is -2.27. The third kappa shape index (κ3) is 6.52. The number of unbranched alkanes of at least 4 members (excludes halogenated alkanes) is 1. The molecule has 6 amide bonds. The number of carbonyl (C=O) groups excluding carboxylic acids is 7. The van der Waals surface area contributed by atoms with Crippen LogP contribution in [0.5, 0.6) is 5.75 Å². The number of ketones is 1. The summed E-state index contributed by atoms with van der Waals surface area (Å²) >= 11 is 0. The van der Waals surface area contributed by atoms with Gasteiger partial charge in [0.25, 0.3) is 17.7 Å². The lowest BCUT2D eigenvalue weighted by molar-refractivity contribution is -0.136. The highest BCUT2D eigenvalue weighted by molar-refractivity contribution is 6.24. The molecule has 1 unspecified atom stereocenters. The molecule has 2 aliphatic heterocycles. The number of fused-ring (bicyclic) bond motifs is 1. The quantitative estimate of drug-likeness (QED) is 0.263. The van der Waals surface area contributed by atoms with Gasteiger partial charge in [-0.25, -0.2) is 0 Å². The van der Waals surface area contributed by atoms with E-state index in [1.807, 2.05) is 0 Å². The van der Waals surface area contributed by atoms with Crippen molar-refractivity contribution < 1.29 is 38.3 Å². The fourth-order valence-corrected chi connectivity index (χ4v) is 3.88. The standard InChI is InChI=1S/C24H28N4O8/c1-14(29)7-9-18(30)25-11-2-3-12-26-20(32)13-36-17-6-4-5-15-21(17)24(35)28(23(15)34)16-8-10-19(31)27-22(16)33/h4-6,16H,2-3,7-13H2,1H3,(H,25,30)(H,26,32)(H,27,31,33). The van der Waals surface area contributed by atoms with Gasteiger partial charge >= 0.3 is 0 Å². The Labute approximate surface area is 207 Å². The molecule has 0 spiro atoms. The Morgan fingerprint density at radius 3 is 2.36 bits per heavy atom. The maximum absolute atomic E-state index is 13.0. The highest BCUT2D eigenvalue weighted by Gasteiger charge is 2.46. The second-order valence-corrected chi connectivity index (χ2v) is 8.52. The van der Waals surface area contributed by atoms with Gasteiger partial charge in [0.1, 0.15) is 17.6 Å². The van der Waals surface area contributed by atoms with Crippen molar-refractivity contribution in [2.24, 2.45) is 0 Å². The van der Waals surface area contributed by atoms with E-state index in [0.29, 0.717) is 25.9 Å². The molecule has 192 valence electrons. The largest absolute Gasteiger partial charge is 0.483 e. The molecule has 1 aromatic rings. The van der Waals surface area contributed by atoms with Crippen LogP contribution in [0.15, 0.2) is 18.2 Å².